The molecule has 3 aliphatic heterocycles. The smallest absolute Gasteiger partial charge is 0.350 e. The van der Waals surface area contributed by atoms with Gasteiger partial charge < -0.3 is 78.4 Å². The Hall–Kier alpha value is -9.76. The van der Waals surface area contributed by atoms with E-state index in [2.05, 4.69) is 10.6 Å². The first kappa shape index (κ1) is 88.1. The topological polar surface area (TPSA) is 334 Å². The van der Waals surface area contributed by atoms with Crippen molar-refractivity contribution in [1.82, 2.24) is 10.6 Å². The van der Waals surface area contributed by atoms with Gasteiger partial charge in [-0.3, -0.25) is 9.59 Å². The maximum absolute atomic E-state index is 16.4. The maximum Gasteiger partial charge on any atom is 0.350 e. The van der Waals surface area contributed by atoms with Gasteiger partial charge in [0.25, 0.3) is 11.8 Å². The van der Waals surface area contributed by atoms with Gasteiger partial charge in [-0.2, -0.15) is 0 Å². The summed E-state index contributed by atoms with van der Waals surface area (Å²) in [5, 5.41) is 61.6. The van der Waals surface area contributed by atoms with Crippen LogP contribution >= 0.6 is 0 Å². The highest BCUT2D eigenvalue weighted by Crippen LogP contribution is 2.71. The van der Waals surface area contributed by atoms with Crippen LogP contribution in [-0.4, -0.2) is 172 Å². The molecule has 24 nitrogen and oxygen atoms in total. The lowest BCUT2D eigenvalue weighted by molar-refractivity contribution is -0.327. The molecular weight excluding hydrogens is 1570 g/mol. The number of carbonyl (C=O) groups is 8. The van der Waals surface area contributed by atoms with Crippen molar-refractivity contribution >= 4 is 47.6 Å². The number of amides is 2. The number of hydrogen-bond donors (Lipinski definition) is 6. The van der Waals surface area contributed by atoms with E-state index >= 15 is 19.2 Å². The van der Waals surface area contributed by atoms with Crippen LogP contribution in [-0.2, 0) is 66.5 Å². The van der Waals surface area contributed by atoms with Gasteiger partial charge >= 0.3 is 35.8 Å². The normalized spacial score (nSPS) is 35.8. The molecule has 3 heterocycles. The SMILES string of the molecule is CC1=C2[C@@H](C)[C@H](O)[C@@]3(C)C([C@H](OC(=O)c4ccccc4)[C@](O)(C[C@@H]1OC(=O)[C@H](OC(=O)[C@@H]1OC(C)(C)O[C@H]1C(=O)O[C@@H](C(=O)O[C@H]1C[C@@]4(O)[C@@H](OC(=O)c5ccccc5)C5[C@@](C)([C@@H](C)C[C@H]6OC[C@@]56C)[C@@H](O)[C@H](C)C(=C1C)C4(C)C)[C@@H](NC(=O)c1ccccc1)c1ccccc1)[C@@H](NC(=O)c1ccccc1)c1ccccc1)C2(C)C)[C@]1(C)CO[C@@H]1C[C@@H]3C. The Kier molecular flexibility index (Phi) is 23.4. The Bertz CT molecular complexity index is 4770. The Morgan fingerprint density at radius 2 is 0.724 bits per heavy atom. The quantitative estimate of drug-likeness (QED) is 0.0235. The minimum atomic E-state index is -2.24. The first-order valence-electron chi connectivity index (χ1n) is 43.1. The Morgan fingerprint density at radius 3 is 1.02 bits per heavy atom. The second-order valence-electron chi connectivity index (χ2n) is 38.6. The van der Waals surface area contributed by atoms with Crippen molar-refractivity contribution in [3.63, 3.8) is 0 Å². The van der Waals surface area contributed by atoms with Crippen molar-refractivity contribution in [1.29, 1.82) is 0 Å². The molecule has 15 rings (SSSR count). The highest BCUT2D eigenvalue weighted by Gasteiger charge is 2.77. The van der Waals surface area contributed by atoms with E-state index in [-0.39, 0.29) is 70.6 Å². The molecule has 123 heavy (non-hydrogen) atoms. The van der Waals surface area contributed by atoms with E-state index in [0.717, 1.165) is 0 Å². The van der Waals surface area contributed by atoms with Gasteiger partial charge in [-0.25, -0.2) is 28.8 Å². The average Bonchev–Trinajstić information content (AvgIpc) is 0.698. The number of ether oxygens (including phenoxy) is 10. The molecule has 0 radical (unpaired) electrons. The molecule has 9 aliphatic rings. The maximum atomic E-state index is 16.4. The molecule has 6 N–H and O–H groups in total. The summed E-state index contributed by atoms with van der Waals surface area (Å²) in [5.41, 5.74) is -7.62. The van der Waals surface area contributed by atoms with Crippen LogP contribution in [0.4, 0.5) is 0 Å². The standard InChI is InChI=1S/C99H116N2O22/c1-53-47-67-94(13,51-114-67)77-81(120-85(106)63-43-31-21-32-44-63)98(112)49-65(55(3)69(91(98,7)8)57(5)79(102)96(53,77)15)116-87(108)73(71(59-35-23-17-24-36-59)100-83(104)61-39-27-19-28-40-61)118-89(110)75-76(123-93(11,12)122-75)90(111)119-74(72(60-37-25-18-26-38-60)101-84(105)62-41-29-20-30-42-62)88(109)117-66-50-99(113)82(121-86(107)64-45-33-22-34-46-64)78-95(14)52-115-68(95)48-54(2)97(78,16)80(103)58(6)70(56(66)4)92(99,9)10/h17-46,53-54,57-58,65-68,71-82,102-103,112-113H,47-52H2,1-16H3,(H,100,104)(H,101,105)/t53-,54-,57+,58+,65-,66-,67+,68+,71-,72-,73+,74+,75+,76+,77?,78?,79-,80-,81-,82-,94+,95+,96+,97+,98+,99+/m0/s1. The molecule has 6 aliphatic carbocycles. The zero-order chi connectivity index (χ0) is 88.4. The number of benzene rings is 6. The van der Waals surface area contributed by atoms with Gasteiger partial charge in [0, 0.05) is 80.1 Å². The van der Waals surface area contributed by atoms with Crippen LogP contribution in [0.2, 0.25) is 0 Å². The molecule has 2 unspecified atom stereocenters. The second kappa shape index (κ2) is 32.7. The molecule has 654 valence electrons. The van der Waals surface area contributed by atoms with Crippen molar-refractivity contribution < 1.29 is 106 Å². The van der Waals surface area contributed by atoms with Crippen molar-refractivity contribution in [3.8, 4) is 0 Å². The highest BCUT2D eigenvalue weighted by molar-refractivity contribution is 5.97. The summed E-state index contributed by atoms with van der Waals surface area (Å²) in [4.78, 5) is 125. The monoisotopic (exact) mass is 1680 g/mol. The van der Waals surface area contributed by atoms with Crippen molar-refractivity contribution in [2.45, 2.75) is 239 Å². The summed E-state index contributed by atoms with van der Waals surface area (Å²) in [6, 6.07) is 45.8. The molecule has 4 bridgehead atoms. The summed E-state index contributed by atoms with van der Waals surface area (Å²) in [7, 11) is 0. The third-order valence-electron chi connectivity index (χ3n) is 30.8. The second-order valence-corrected chi connectivity index (χ2v) is 38.6. The van der Waals surface area contributed by atoms with Crippen LogP contribution in [0.1, 0.15) is 201 Å². The lowest BCUT2D eigenvalue weighted by Gasteiger charge is -2.70. The van der Waals surface area contributed by atoms with E-state index in [9.17, 15) is 39.6 Å². The van der Waals surface area contributed by atoms with E-state index in [4.69, 9.17) is 47.4 Å². The van der Waals surface area contributed by atoms with Gasteiger partial charge in [0.1, 0.15) is 47.7 Å². The fourth-order valence-corrected chi connectivity index (χ4v) is 23.7. The molecule has 7 fully saturated rings. The lowest BCUT2D eigenvalue weighted by atomic mass is 9.40. The number of aliphatic hydroxyl groups excluding tert-OH is 2. The number of rotatable bonds is 20. The van der Waals surface area contributed by atoms with Crippen LogP contribution < -0.4 is 10.6 Å². The fourth-order valence-electron chi connectivity index (χ4n) is 23.7. The predicted octanol–water partition coefficient (Wildman–Crippen LogP) is 13.1. The number of aliphatic hydroxyl groups is 4. The van der Waals surface area contributed by atoms with Crippen molar-refractivity contribution in [2.24, 2.45) is 68.0 Å². The van der Waals surface area contributed by atoms with Gasteiger partial charge in [-0.15, -0.1) is 0 Å². The van der Waals surface area contributed by atoms with Gasteiger partial charge in [-0.05, 0) is 123 Å². The Labute approximate surface area is 718 Å². The number of esters is 6. The minimum Gasteiger partial charge on any atom is -0.455 e. The molecular formula is C99H116N2O22. The highest BCUT2D eigenvalue weighted by atomic mass is 16.8. The molecule has 3 saturated heterocycles. The first-order valence-corrected chi connectivity index (χ1v) is 43.1. The zero-order valence-electron chi connectivity index (χ0n) is 72.7. The number of hydrogen-bond acceptors (Lipinski definition) is 22. The summed E-state index contributed by atoms with van der Waals surface area (Å²) in [6.45, 7) is 29.9. The largest absolute Gasteiger partial charge is 0.455 e. The third-order valence-corrected chi connectivity index (χ3v) is 30.8. The van der Waals surface area contributed by atoms with E-state index in [1.165, 1.54) is 38.1 Å². The van der Waals surface area contributed by atoms with E-state index in [0.29, 0.717) is 35.1 Å². The summed E-state index contributed by atoms with van der Waals surface area (Å²) in [5.74, 6) is -13.9. The Balaban J connectivity index is 0.812. The van der Waals surface area contributed by atoms with E-state index in [1.54, 1.807) is 172 Å². The molecule has 6 aromatic carbocycles. The number of carbonyl (C=O) groups excluding carboxylic acids is 8. The third kappa shape index (κ3) is 14.7. The van der Waals surface area contributed by atoms with E-state index in [1.807, 2.05) is 83.1 Å². The molecule has 6 aromatic rings. The molecule has 2 amide bonds. The van der Waals surface area contributed by atoms with Crippen LogP contribution in [0.5, 0.6) is 0 Å². The first-order chi connectivity index (χ1) is 58.1. The molecule has 0 spiro atoms. The number of fused-ring (bicyclic) bond motifs is 10. The van der Waals surface area contributed by atoms with Gasteiger partial charge in [0.05, 0.1) is 48.8 Å². The minimum absolute atomic E-state index is 0.137. The van der Waals surface area contributed by atoms with Crippen LogP contribution in [0, 0.1) is 68.0 Å². The van der Waals surface area contributed by atoms with Crippen LogP contribution in [0.25, 0.3) is 0 Å². The fraction of sp³-hybridized carbons (Fsp3) is 0.515. The zero-order valence-corrected chi connectivity index (χ0v) is 72.7. The molecule has 26 atom stereocenters. The summed E-state index contributed by atoms with van der Waals surface area (Å²) >= 11 is 0. The van der Waals surface area contributed by atoms with Gasteiger partial charge in [0.15, 0.2) is 18.0 Å². The molecule has 24 heteroatoms. The number of nitrogens with one attached hydrogen (secondary N) is 2. The average molecular weight is 1690 g/mol. The van der Waals surface area contributed by atoms with Crippen LogP contribution in [0.3, 0.4) is 0 Å². The molecule has 4 saturated carbocycles. The Morgan fingerprint density at radius 1 is 0.423 bits per heavy atom. The molecule has 0 aromatic heterocycles. The van der Waals surface area contributed by atoms with Gasteiger partial charge in [-0.1, -0.05) is 228 Å². The summed E-state index contributed by atoms with van der Waals surface area (Å²) in [6.07, 6.45) is -17.4. The van der Waals surface area contributed by atoms with Crippen molar-refractivity contribution in [2.75, 3.05) is 13.2 Å². The summed E-state index contributed by atoms with van der Waals surface area (Å²) < 4.78 is 65.8. The van der Waals surface area contributed by atoms with E-state index < -0.39 is 207 Å². The lowest BCUT2D eigenvalue weighted by Crippen LogP contribution is -2.76. The van der Waals surface area contributed by atoms with Crippen LogP contribution in [0.15, 0.2) is 204 Å². The predicted molar refractivity (Wildman–Crippen MR) is 450 cm³/mol. The van der Waals surface area contributed by atoms with Crippen molar-refractivity contribution in [3.05, 3.63) is 238 Å². The van der Waals surface area contributed by atoms with Gasteiger partial charge in [0.2, 0.25) is 12.2 Å².